The number of nitrogens with one attached hydrogen (secondary N) is 1. The number of hydrogen-bond acceptors (Lipinski definition) is 4. The lowest BCUT2D eigenvalue weighted by molar-refractivity contribution is -0.138. The molecule has 5 rings (SSSR count). The van der Waals surface area contributed by atoms with E-state index in [9.17, 15) is 19.2 Å². The summed E-state index contributed by atoms with van der Waals surface area (Å²) in [6.45, 7) is 2.15. The number of fused-ring (bicyclic) bond motifs is 1. The molecule has 2 heterocycles. The predicted octanol–water partition coefficient (Wildman–Crippen LogP) is 3.26. The van der Waals surface area contributed by atoms with E-state index >= 15 is 0 Å². The maximum absolute atomic E-state index is 13.3. The summed E-state index contributed by atoms with van der Waals surface area (Å²) in [4.78, 5) is 56.9. The van der Waals surface area contributed by atoms with Gasteiger partial charge in [0, 0.05) is 32.1 Å². The summed E-state index contributed by atoms with van der Waals surface area (Å²) in [5.41, 5.74) is 0.657. The number of H-pyrrole nitrogens is 1. The van der Waals surface area contributed by atoms with Crippen molar-refractivity contribution in [2.24, 2.45) is 5.92 Å². The highest BCUT2D eigenvalue weighted by Gasteiger charge is 2.30. The molecule has 0 bridgehead atoms. The fourth-order valence-electron chi connectivity index (χ4n) is 5.32. The second-order valence-electron chi connectivity index (χ2n) is 9.63. The minimum absolute atomic E-state index is 0.125. The molecule has 2 fully saturated rings. The van der Waals surface area contributed by atoms with Gasteiger partial charge in [-0.15, -0.1) is 0 Å². The van der Waals surface area contributed by atoms with Gasteiger partial charge in [0.15, 0.2) is 0 Å². The zero-order valence-electron chi connectivity index (χ0n) is 20.0. The molecule has 1 saturated heterocycles. The van der Waals surface area contributed by atoms with E-state index < -0.39 is 11.2 Å². The number of aromatic amines is 1. The van der Waals surface area contributed by atoms with E-state index in [1.54, 1.807) is 47.4 Å². The van der Waals surface area contributed by atoms with Crippen molar-refractivity contribution in [2.75, 3.05) is 26.2 Å². The molecule has 36 heavy (non-hydrogen) atoms. The van der Waals surface area contributed by atoms with E-state index in [1.807, 2.05) is 4.90 Å². The number of para-hydroxylation sites is 1. The molecule has 1 aliphatic carbocycles. The first-order chi connectivity index (χ1) is 17.4. The summed E-state index contributed by atoms with van der Waals surface area (Å²) >= 11 is 6.41. The third kappa shape index (κ3) is 4.82. The Hall–Kier alpha value is -3.39. The molecule has 8 nitrogen and oxygen atoms in total. The molecule has 1 N–H and O–H groups in total. The second kappa shape index (κ2) is 10.3. The number of rotatable bonds is 4. The number of halogens is 1. The Morgan fingerprint density at radius 2 is 1.61 bits per heavy atom. The molecule has 2 aliphatic rings. The van der Waals surface area contributed by atoms with Crippen molar-refractivity contribution < 1.29 is 9.59 Å². The summed E-state index contributed by atoms with van der Waals surface area (Å²) in [5, 5.41) is 0.756. The Bertz CT molecular complexity index is 1420. The van der Waals surface area contributed by atoms with Gasteiger partial charge in [-0.1, -0.05) is 49.1 Å². The summed E-state index contributed by atoms with van der Waals surface area (Å²) in [6.07, 6.45) is 5.37. The van der Waals surface area contributed by atoms with Gasteiger partial charge in [-0.05, 0) is 42.7 Å². The quantitative estimate of drug-likeness (QED) is 0.585. The average Bonchev–Trinajstić information content (AvgIpc) is 2.91. The third-order valence-electron chi connectivity index (χ3n) is 7.34. The van der Waals surface area contributed by atoms with Crippen LogP contribution in [-0.4, -0.2) is 57.3 Å². The van der Waals surface area contributed by atoms with Crippen LogP contribution in [0.3, 0.4) is 0 Å². The largest absolute Gasteiger partial charge is 0.339 e. The van der Waals surface area contributed by atoms with Crippen molar-refractivity contribution in [3.8, 4) is 0 Å². The lowest BCUT2D eigenvalue weighted by atomic mass is 9.88. The smallest absolute Gasteiger partial charge is 0.329 e. The minimum Gasteiger partial charge on any atom is -0.339 e. The number of hydrogen-bond donors (Lipinski definition) is 1. The zero-order chi connectivity index (χ0) is 25.2. The SMILES string of the molecule is O=C(c1cc(Cn2c(=O)[nH]c(=O)c3ccccc32)ccc1Cl)N1CCN(C(=O)C2CCCCC2)CC1. The van der Waals surface area contributed by atoms with Gasteiger partial charge in [-0.3, -0.25) is 23.9 Å². The van der Waals surface area contributed by atoms with Crippen molar-refractivity contribution in [1.82, 2.24) is 19.4 Å². The Labute approximate surface area is 213 Å². The second-order valence-corrected chi connectivity index (χ2v) is 10.0. The van der Waals surface area contributed by atoms with Gasteiger partial charge in [0.2, 0.25) is 5.91 Å². The van der Waals surface area contributed by atoms with Crippen LogP contribution in [0.1, 0.15) is 48.0 Å². The van der Waals surface area contributed by atoms with Gasteiger partial charge in [0.25, 0.3) is 11.5 Å². The number of aromatic nitrogens is 2. The van der Waals surface area contributed by atoms with E-state index in [2.05, 4.69) is 4.98 Å². The van der Waals surface area contributed by atoms with Crippen LogP contribution in [0.2, 0.25) is 5.02 Å². The topological polar surface area (TPSA) is 95.5 Å². The highest BCUT2D eigenvalue weighted by Crippen LogP contribution is 2.26. The van der Waals surface area contributed by atoms with Crippen molar-refractivity contribution >= 4 is 34.3 Å². The number of amides is 2. The molecule has 0 spiro atoms. The number of carbonyl (C=O) groups excluding carboxylic acids is 2. The molecule has 2 aromatic carbocycles. The van der Waals surface area contributed by atoms with Crippen LogP contribution < -0.4 is 11.2 Å². The Morgan fingerprint density at radius 1 is 0.917 bits per heavy atom. The normalized spacial score (nSPS) is 16.9. The Kier molecular flexibility index (Phi) is 6.96. The van der Waals surface area contributed by atoms with Crippen LogP contribution >= 0.6 is 11.6 Å². The summed E-state index contributed by atoms with van der Waals surface area (Å²) in [6, 6.07) is 12.0. The van der Waals surface area contributed by atoms with E-state index in [-0.39, 0.29) is 24.3 Å². The van der Waals surface area contributed by atoms with Crippen molar-refractivity contribution in [2.45, 2.75) is 38.6 Å². The van der Waals surface area contributed by atoms with Gasteiger partial charge in [-0.2, -0.15) is 0 Å². The number of nitrogens with zero attached hydrogens (tertiary/aromatic N) is 3. The lowest BCUT2D eigenvalue weighted by Gasteiger charge is -2.37. The number of benzene rings is 2. The number of piperazine rings is 1. The third-order valence-corrected chi connectivity index (χ3v) is 7.67. The first-order valence-corrected chi connectivity index (χ1v) is 12.9. The van der Waals surface area contributed by atoms with E-state index in [0.29, 0.717) is 53.2 Å². The van der Waals surface area contributed by atoms with Gasteiger partial charge in [0.1, 0.15) is 0 Å². The Morgan fingerprint density at radius 3 is 2.36 bits per heavy atom. The van der Waals surface area contributed by atoms with Crippen LogP contribution in [0.5, 0.6) is 0 Å². The fourth-order valence-corrected chi connectivity index (χ4v) is 5.52. The lowest BCUT2D eigenvalue weighted by Crippen LogP contribution is -2.52. The summed E-state index contributed by atoms with van der Waals surface area (Å²) in [7, 11) is 0. The average molecular weight is 509 g/mol. The molecule has 1 aromatic heterocycles. The molecule has 2 amide bonds. The first kappa shape index (κ1) is 24.3. The molecule has 1 aliphatic heterocycles. The van der Waals surface area contributed by atoms with Crippen LogP contribution in [0.15, 0.2) is 52.1 Å². The summed E-state index contributed by atoms with van der Waals surface area (Å²) in [5.74, 6) is 0.158. The zero-order valence-corrected chi connectivity index (χ0v) is 20.8. The monoisotopic (exact) mass is 508 g/mol. The molecule has 0 unspecified atom stereocenters. The fraction of sp³-hybridized carbons (Fsp3) is 0.407. The molecule has 0 atom stereocenters. The molecule has 188 valence electrons. The van der Waals surface area contributed by atoms with Crippen LogP contribution in [0, 0.1) is 5.92 Å². The van der Waals surface area contributed by atoms with Crippen molar-refractivity contribution in [3.05, 3.63) is 79.5 Å². The van der Waals surface area contributed by atoms with Gasteiger partial charge < -0.3 is 9.80 Å². The van der Waals surface area contributed by atoms with Gasteiger partial charge in [-0.25, -0.2) is 4.79 Å². The minimum atomic E-state index is -0.514. The van der Waals surface area contributed by atoms with E-state index in [1.165, 1.54) is 11.0 Å². The maximum Gasteiger partial charge on any atom is 0.329 e. The van der Waals surface area contributed by atoms with Crippen LogP contribution in [0.25, 0.3) is 10.9 Å². The summed E-state index contributed by atoms with van der Waals surface area (Å²) < 4.78 is 1.48. The Balaban J connectivity index is 1.32. The van der Waals surface area contributed by atoms with Crippen LogP contribution in [0.4, 0.5) is 0 Å². The molecular weight excluding hydrogens is 480 g/mol. The standard InChI is InChI=1S/C27H29ClN4O4/c28-22-11-10-18(17-32-23-9-5-4-8-20(23)24(33)29-27(32)36)16-21(22)26(35)31-14-12-30(13-15-31)25(34)19-6-2-1-3-7-19/h4-5,8-11,16,19H,1-3,6-7,12-15,17H2,(H,29,33,36). The molecule has 9 heteroatoms. The van der Waals surface area contributed by atoms with Crippen molar-refractivity contribution in [1.29, 1.82) is 0 Å². The maximum atomic E-state index is 13.3. The van der Waals surface area contributed by atoms with E-state index in [4.69, 9.17) is 11.6 Å². The first-order valence-electron chi connectivity index (χ1n) is 12.5. The van der Waals surface area contributed by atoms with Crippen LogP contribution in [-0.2, 0) is 11.3 Å². The van der Waals surface area contributed by atoms with Gasteiger partial charge in [0.05, 0.1) is 28.0 Å². The van der Waals surface area contributed by atoms with Gasteiger partial charge >= 0.3 is 5.69 Å². The molecule has 1 saturated carbocycles. The molecule has 0 radical (unpaired) electrons. The predicted molar refractivity (Wildman–Crippen MR) is 138 cm³/mol. The van der Waals surface area contributed by atoms with Crippen molar-refractivity contribution in [3.63, 3.8) is 0 Å². The van der Waals surface area contributed by atoms with E-state index in [0.717, 1.165) is 25.7 Å². The highest BCUT2D eigenvalue weighted by atomic mass is 35.5. The molecular formula is C27H29ClN4O4. The highest BCUT2D eigenvalue weighted by molar-refractivity contribution is 6.33. The molecule has 3 aromatic rings. The number of carbonyl (C=O) groups is 2.